The molecule has 8 heteroatoms. The van der Waals surface area contributed by atoms with E-state index in [0.717, 1.165) is 5.69 Å². The molecule has 0 spiro atoms. The Morgan fingerprint density at radius 3 is 2.48 bits per heavy atom. The van der Waals surface area contributed by atoms with Crippen LogP contribution in [0.4, 0.5) is 11.4 Å². The Balaban J connectivity index is 2.49. The quantitative estimate of drug-likeness (QED) is 0.904. The van der Waals surface area contributed by atoms with Gasteiger partial charge in [-0.2, -0.15) is 5.10 Å². The number of aromatic nitrogens is 2. The van der Waals surface area contributed by atoms with Gasteiger partial charge in [0.2, 0.25) is 0 Å². The summed E-state index contributed by atoms with van der Waals surface area (Å²) in [7, 11) is -0.0757. The fraction of sp³-hybridized carbons (Fsp3) is 0.308. The molecule has 2 N–H and O–H groups in total. The average Bonchev–Trinajstić information content (AvgIpc) is 2.68. The highest BCUT2D eigenvalue weighted by Crippen LogP contribution is 2.30. The molecule has 0 fully saturated rings. The number of H-pyrrole nitrogens is 1. The van der Waals surface area contributed by atoms with Gasteiger partial charge in [-0.25, -0.2) is 8.42 Å². The Morgan fingerprint density at radius 1 is 1.29 bits per heavy atom. The van der Waals surface area contributed by atoms with Crippen LogP contribution in [0.25, 0.3) is 0 Å². The molecule has 0 unspecified atom stereocenters. The summed E-state index contributed by atoms with van der Waals surface area (Å²) in [6.45, 7) is 3.31. The van der Waals surface area contributed by atoms with Crippen molar-refractivity contribution in [3.63, 3.8) is 0 Å². The standard InChI is InChI=1S/C13H17ClN4O2S/c1-8-13(9(2)16-15-8)21(19,20)17-11-7-10(14)5-6-12(11)18(3)4/h5-7,17H,1-4H3,(H,15,16). The lowest BCUT2D eigenvalue weighted by atomic mass is 10.2. The van der Waals surface area contributed by atoms with Crippen molar-refractivity contribution in [3.05, 3.63) is 34.6 Å². The molecule has 0 amide bonds. The Hall–Kier alpha value is -1.73. The number of benzene rings is 1. The van der Waals surface area contributed by atoms with Crippen molar-refractivity contribution in [2.45, 2.75) is 18.7 Å². The fourth-order valence-corrected chi connectivity index (χ4v) is 3.72. The van der Waals surface area contributed by atoms with Crippen LogP contribution in [0.1, 0.15) is 11.4 Å². The van der Waals surface area contributed by atoms with Gasteiger partial charge in [0.15, 0.2) is 0 Å². The Bertz CT molecular complexity index is 749. The summed E-state index contributed by atoms with van der Waals surface area (Å²) in [6.07, 6.45) is 0. The lowest BCUT2D eigenvalue weighted by Crippen LogP contribution is -2.18. The first-order chi connectivity index (χ1) is 9.72. The number of hydrogen-bond acceptors (Lipinski definition) is 4. The molecule has 1 aromatic heterocycles. The van der Waals surface area contributed by atoms with E-state index in [2.05, 4.69) is 14.9 Å². The van der Waals surface area contributed by atoms with Crippen LogP contribution in [0.3, 0.4) is 0 Å². The minimum absolute atomic E-state index is 0.159. The van der Waals surface area contributed by atoms with Crippen molar-refractivity contribution < 1.29 is 8.42 Å². The predicted octanol–water partition coefficient (Wildman–Crippen LogP) is 2.55. The largest absolute Gasteiger partial charge is 0.376 e. The van der Waals surface area contributed by atoms with Gasteiger partial charge in [-0.1, -0.05) is 11.6 Å². The van der Waals surface area contributed by atoms with Crippen LogP contribution >= 0.6 is 11.6 Å². The second-order valence-corrected chi connectivity index (χ2v) is 6.98. The number of nitrogens with one attached hydrogen (secondary N) is 2. The number of rotatable bonds is 4. The molecular formula is C13H17ClN4O2S. The molecule has 0 saturated heterocycles. The molecule has 6 nitrogen and oxygen atoms in total. The van der Waals surface area contributed by atoms with Crippen LogP contribution < -0.4 is 9.62 Å². The zero-order valence-corrected chi connectivity index (χ0v) is 13.8. The molecule has 0 radical (unpaired) electrons. The molecule has 21 heavy (non-hydrogen) atoms. The summed E-state index contributed by atoms with van der Waals surface area (Å²) in [5.74, 6) is 0. The minimum Gasteiger partial charge on any atom is -0.376 e. The van der Waals surface area contributed by atoms with Crippen molar-refractivity contribution in [1.82, 2.24) is 10.2 Å². The van der Waals surface area contributed by atoms with Crippen LogP contribution in [-0.2, 0) is 10.0 Å². The van der Waals surface area contributed by atoms with Gasteiger partial charge in [-0.05, 0) is 32.0 Å². The lowest BCUT2D eigenvalue weighted by molar-refractivity contribution is 0.600. The molecule has 1 heterocycles. The summed E-state index contributed by atoms with van der Waals surface area (Å²) in [6, 6.07) is 5.05. The average molecular weight is 329 g/mol. The summed E-state index contributed by atoms with van der Waals surface area (Å²) in [5.41, 5.74) is 2.07. The third-order valence-corrected chi connectivity index (χ3v) is 4.88. The van der Waals surface area contributed by atoms with Gasteiger partial charge < -0.3 is 4.90 Å². The van der Waals surface area contributed by atoms with Gasteiger partial charge in [-0.15, -0.1) is 0 Å². The van der Waals surface area contributed by atoms with E-state index in [-0.39, 0.29) is 4.90 Å². The van der Waals surface area contributed by atoms with E-state index in [1.54, 1.807) is 32.0 Å². The smallest absolute Gasteiger partial charge is 0.265 e. The first-order valence-electron chi connectivity index (χ1n) is 6.23. The number of nitrogens with zero attached hydrogens (tertiary/aromatic N) is 2. The maximum absolute atomic E-state index is 12.6. The first-order valence-corrected chi connectivity index (χ1v) is 8.09. The van der Waals surface area contributed by atoms with Crippen molar-refractivity contribution in [2.75, 3.05) is 23.7 Å². The zero-order chi connectivity index (χ0) is 15.8. The summed E-state index contributed by atoms with van der Waals surface area (Å²) in [5, 5.41) is 7.05. The second kappa shape index (κ2) is 5.57. The molecule has 114 valence electrons. The lowest BCUT2D eigenvalue weighted by Gasteiger charge is -2.19. The predicted molar refractivity (Wildman–Crippen MR) is 84.6 cm³/mol. The summed E-state index contributed by atoms with van der Waals surface area (Å²) >= 11 is 5.97. The Kier molecular flexibility index (Phi) is 4.15. The number of sulfonamides is 1. The first kappa shape index (κ1) is 15.7. The van der Waals surface area contributed by atoms with Crippen molar-refractivity contribution in [2.24, 2.45) is 0 Å². The van der Waals surface area contributed by atoms with Crippen molar-refractivity contribution in [1.29, 1.82) is 0 Å². The number of hydrogen-bond donors (Lipinski definition) is 2. The van der Waals surface area contributed by atoms with E-state index in [4.69, 9.17) is 11.6 Å². The van der Waals surface area contributed by atoms with E-state index in [1.807, 2.05) is 19.0 Å². The number of anilines is 2. The normalized spacial score (nSPS) is 11.5. The molecule has 2 aromatic rings. The highest BCUT2D eigenvalue weighted by atomic mass is 35.5. The van der Waals surface area contributed by atoms with Crippen molar-refractivity contribution >= 4 is 33.0 Å². The molecule has 2 rings (SSSR count). The number of aryl methyl sites for hydroxylation is 2. The van der Waals surface area contributed by atoms with Crippen LogP contribution in [0, 0.1) is 13.8 Å². The van der Waals surface area contributed by atoms with Gasteiger partial charge in [0.05, 0.1) is 22.8 Å². The summed E-state index contributed by atoms with van der Waals surface area (Å²) in [4.78, 5) is 1.97. The maximum Gasteiger partial charge on any atom is 0.265 e. The van der Waals surface area contributed by atoms with Gasteiger partial charge in [0, 0.05) is 19.1 Å². The van der Waals surface area contributed by atoms with E-state index < -0.39 is 10.0 Å². The minimum atomic E-state index is -3.73. The van der Waals surface area contributed by atoms with Gasteiger partial charge in [0.25, 0.3) is 10.0 Å². The van der Waals surface area contributed by atoms with E-state index in [0.29, 0.717) is 22.1 Å². The molecule has 0 aliphatic carbocycles. The van der Waals surface area contributed by atoms with Crippen molar-refractivity contribution in [3.8, 4) is 0 Å². The highest BCUT2D eigenvalue weighted by molar-refractivity contribution is 7.92. The molecule has 0 saturated carbocycles. The topological polar surface area (TPSA) is 78.1 Å². The zero-order valence-electron chi connectivity index (χ0n) is 12.2. The fourth-order valence-electron chi connectivity index (χ4n) is 2.11. The van der Waals surface area contributed by atoms with Gasteiger partial charge in [-0.3, -0.25) is 9.82 Å². The van der Waals surface area contributed by atoms with Crippen LogP contribution in [0.2, 0.25) is 5.02 Å². The SMILES string of the molecule is Cc1n[nH]c(C)c1S(=O)(=O)Nc1cc(Cl)ccc1N(C)C. The molecule has 0 bridgehead atoms. The van der Waals surface area contributed by atoms with E-state index in [1.165, 1.54) is 0 Å². The Labute approximate surface area is 129 Å². The number of aromatic amines is 1. The van der Waals surface area contributed by atoms with Gasteiger partial charge in [0.1, 0.15) is 4.90 Å². The third kappa shape index (κ3) is 3.14. The van der Waals surface area contributed by atoms with Gasteiger partial charge >= 0.3 is 0 Å². The second-order valence-electron chi connectivity index (χ2n) is 4.92. The Morgan fingerprint density at radius 2 is 1.95 bits per heavy atom. The monoisotopic (exact) mass is 328 g/mol. The molecular weight excluding hydrogens is 312 g/mol. The maximum atomic E-state index is 12.6. The van der Waals surface area contributed by atoms with Crippen LogP contribution in [-0.4, -0.2) is 32.7 Å². The highest BCUT2D eigenvalue weighted by Gasteiger charge is 2.23. The number of halogens is 1. The molecule has 0 aliphatic heterocycles. The third-order valence-electron chi connectivity index (χ3n) is 3.01. The molecule has 0 atom stereocenters. The van der Waals surface area contributed by atoms with Crippen LogP contribution in [0.15, 0.2) is 23.1 Å². The van der Waals surface area contributed by atoms with Crippen LogP contribution in [0.5, 0.6) is 0 Å². The van der Waals surface area contributed by atoms with E-state index in [9.17, 15) is 8.42 Å². The van der Waals surface area contributed by atoms with E-state index >= 15 is 0 Å². The molecule has 0 aliphatic rings. The molecule has 1 aromatic carbocycles. The summed E-state index contributed by atoms with van der Waals surface area (Å²) < 4.78 is 27.7.